The third-order valence-corrected chi connectivity index (χ3v) is 7.03. The number of carbonyl (C=O) groups excluding carboxylic acids is 1. The fraction of sp³-hybridized carbons (Fsp3) is 0.200. The number of fused-ring (bicyclic) bond motifs is 1. The maximum Gasteiger partial charge on any atom is 0.337 e. The van der Waals surface area contributed by atoms with Crippen LogP contribution in [0.5, 0.6) is 0 Å². The van der Waals surface area contributed by atoms with Gasteiger partial charge in [0.15, 0.2) is 0 Å². The van der Waals surface area contributed by atoms with Gasteiger partial charge in [0.1, 0.15) is 9.84 Å². The summed E-state index contributed by atoms with van der Waals surface area (Å²) in [7, 11) is -3.19. The molecule has 0 unspecified atom stereocenters. The molecular weight excluding hydrogens is 476 g/mol. The van der Waals surface area contributed by atoms with Gasteiger partial charge in [-0.15, -0.1) is 0 Å². The Morgan fingerprint density at radius 3 is 2.50 bits per heavy atom. The van der Waals surface area contributed by atoms with Crippen LogP contribution in [-0.2, 0) is 21.1 Å². The Labute approximate surface area is 202 Å². The molecule has 1 aliphatic heterocycles. The number of sulfone groups is 1. The molecule has 0 saturated carbocycles. The lowest BCUT2D eigenvalue weighted by Crippen LogP contribution is -2.07. The fourth-order valence-electron chi connectivity index (χ4n) is 4.29. The van der Waals surface area contributed by atoms with E-state index < -0.39 is 15.8 Å². The first kappa shape index (κ1) is 23.8. The molecule has 34 heavy (non-hydrogen) atoms. The van der Waals surface area contributed by atoms with Crippen molar-refractivity contribution in [1.82, 2.24) is 4.98 Å². The highest BCUT2D eigenvalue weighted by Gasteiger charge is 2.29. The summed E-state index contributed by atoms with van der Waals surface area (Å²) in [6.45, 7) is 1.65. The molecule has 3 N–H and O–H groups in total. The fourth-order valence-corrected chi connectivity index (χ4v) is 5.08. The number of nitrogens with one attached hydrogen (secondary N) is 2. The molecule has 1 aromatic heterocycles. The highest BCUT2D eigenvalue weighted by Crippen LogP contribution is 2.41. The van der Waals surface area contributed by atoms with Crippen LogP contribution in [0.15, 0.2) is 42.5 Å². The van der Waals surface area contributed by atoms with Gasteiger partial charge >= 0.3 is 5.97 Å². The second kappa shape index (κ2) is 9.12. The molecule has 176 valence electrons. The number of hydrogen-bond donors (Lipinski definition) is 3. The second-order valence-electron chi connectivity index (χ2n) is 8.30. The standard InChI is InChI=1S/C25H23ClN2O5S/c1-14-22(25(30)31)18(6-4-12-34(2,32)33)21(27-14)13-19-23-17(15-8-10-16(26)11-9-15)5-3-7-20(23)28-24(19)29/h3,5,7-11,13,27H,4,6,12H2,1-2H3,(H,28,29)(H,30,31). The zero-order chi connectivity index (χ0) is 24.6. The van der Waals surface area contributed by atoms with Crippen LogP contribution in [0.25, 0.3) is 22.8 Å². The van der Waals surface area contributed by atoms with Crippen LogP contribution in [0.3, 0.4) is 0 Å². The maximum atomic E-state index is 12.9. The highest BCUT2D eigenvalue weighted by molar-refractivity contribution is 7.90. The molecule has 0 radical (unpaired) electrons. The van der Waals surface area contributed by atoms with Crippen molar-refractivity contribution < 1.29 is 23.1 Å². The molecule has 0 spiro atoms. The van der Waals surface area contributed by atoms with Gasteiger partial charge in [0.2, 0.25) is 0 Å². The van der Waals surface area contributed by atoms with Gasteiger partial charge in [0, 0.05) is 33.9 Å². The first-order valence-corrected chi connectivity index (χ1v) is 13.0. The van der Waals surface area contributed by atoms with Crippen molar-refractivity contribution >= 4 is 50.7 Å². The first-order chi connectivity index (χ1) is 16.0. The van der Waals surface area contributed by atoms with E-state index in [9.17, 15) is 23.1 Å². The van der Waals surface area contributed by atoms with E-state index in [-0.39, 0.29) is 30.1 Å². The van der Waals surface area contributed by atoms with E-state index >= 15 is 0 Å². The minimum absolute atomic E-state index is 0.0592. The molecule has 7 nitrogen and oxygen atoms in total. The average molecular weight is 499 g/mol. The quantitative estimate of drug-likeness (QED) is 0.404. The molecule has 9 heteroatoms. The maximum absolute atomic E-state index is 12.9. The molecule has 0 saturated heterocycles. The summed E-state index contributed by atoms with van der Waals surface area (Å²) in [6, 6.07) is 12.9. The molecule has 3 aromatic rings. The Morgan fingerprint density at radius 2 is 1.85 bits per heavy atom. The van der Waals surface area contributed by atoms with Crippen LogP contribution >= 0.6 is 11.6 Å². The number of carbonyl (C=O) groups is 2. The Kier molecular flexibility index (Phi) is 6.38. The topological polar surface area (TPSA) is 116 Å². The van der Waals surface area contributed by atoms with Gasteiger partial charge in [-0.3, -0.25) is 4.79 Å². The Hall–Kier alpha value is -3.36. The molecule has 0 fully saturated rings. The number of carboxylic acid groups (broad SMARTS) is 1. The minimum Gasteiger partial charge on any atom is -0.478 e. The van der Waals surface area contributed by atoms with E-state index in [4.69, 9.17) is 11.6 Å². The molecule has 0 aliphatic carbocycles. The normalized spacial score (nSPS) is 14.3. The molecule has 0 bridgehead atoms. The van der Waals surface area contributed by atoms with Gasteiger partial charge in [-0.25, -0.2) is 13.2 Å². The lowest BCUT2D eigenvalue weighted by Gasteiger charge is -2.09. The monoisotopic (exact) mass is 498 g/mol. The van der Waals surface area contributed by atoms with Gasteiger partial charge in [-0.05, 0) is 60.7 Å². The van der Waals surface area contributed by atoms with Gasteiger partial charge < -0.3 is 15.4 Å². The van der Waals surface area contributed by atoms with E-state index in [1.165, 1.54) is 0 Å². The smallest absolute Gasteiger partial charge is 0.337 e. The summed E-state index contributed by atoms with van der Waals surface area (Å²) in [6.07, 6.45) is 3.31. The lowest BCUT2D eigenvalue weighted by atomic mass is 9.93. The number of hydrogen-bond acceptors (Lipinski definition) is 4. The Bertz CT molecular complexity index is 1440. The first-order valence-electron chi connectivity index (χ1n) is 10.6. The van der Waals surface area contributed by atoms with E-state index in [0.717, 1.165) is 17.4 Å². The number of H-pyrrole nitrogens is 1. The molecule has 0 atom stereocenters. The number of halogens is 1. The molecular formula is C25H23ClN2O5S. The zero-order valence-electron chi connectivity index (χ0n) is 18.6. The van der Waals surface area contributed by atoms with Crippen LogP contribution in [0.4, 0.5) is 5.69 Å². The molecule has 4 rings (SSSR count). The Morgan fingerprint density at radius 1 is 1.15 bits per heavy atom. The number of rotatable bonds is 7. The van der Waals surface area contributed by atoms with Gasteiger partial charge in [0.05, 0.1) is 16.9 Å². The molecule has 1 amide bonds. The SMILES string of the molecule is Cc1[nH]c(C=C2C(=O)Nc3cccc(-c4ccc(Cl)cc4)c32)c(CCCS(C)(=O)=O)c1C(=O)O. The highest BCUT2D eigenvalue weighted by atomic mass is 35.5. The summed E-state index contributed by atoms with van der Waals surface area (Å²) in [4.78, 5) is 28.0. The van der Waals surface area contributed by atoms with Gasteiger partial charge in [-0.1, -0.05) is 35.9 Å². The van der Waals surface area contributed by atoms with Crippen molar-refractivity contribution in [2.24, 2.45) is 0 Å². The number of aromatic carboxylic acids is 1. The third-order valence-electron chi connectivity index (χ3n) is 5.75. The van der Waals surface area contributed by atoms with E-state index in [1.54, 1.807) is 25.1 Å². The number of aromatic amines is 1. The Balaban J connectivity index is 1.83. The number of anilines is 1. The second-order valence-corrected chi connectivity index (χ2v) is 11.0. The van der Waals surface area contributed by atoms with Crippen LogP contribution in [-0.4, -0.2) is 42.4 Å². The summed E-state index contributed by atoms with van der Waals surface area (Å²) >= 11 is 6.04. The van der Waals surface area contributed by atoms with Crippen LogP contribution in [0, 0.1) is 6.92 Å². The van der Waals surface area contributed by atoms with Crippen molar-refractivity contribution in [2.75, 3.05) is 17.3 Å². The summed E-state index contributed by atoms with van der Waals surface area (Å²) < 4.78 is 23.2. The van der Waals surface area contributed by atoms with Crippen molar-refractivity contribution in [2.45, 2.75) is 19.8 Å². The third kappa shape index (κ3) is 4.78. The number of amides is 1. The van der Waals surface area contributed by atoms with Crippen LogP contribution in [0.2, 0.25) is 5.02 Å². The van der Waals surface area contributed by atoms with E-state index in [2.05, 4.69) is 10.3 Å². The minimum atomic E-state index is -3.19. The predicted octanol–water partition coefficient (Wildman–Crippen LogP) is 4.81. The summed E-state index contributed by atoms with van der Waals surface area (Å²) in [5, 5.41) is 13.2. The van der Waals surface area contributed by atoms with Crippen molar-refractivity contribution in [3.05, 3.63) is 75.6 Å². The molecule has 1 aliphatic rings. The molecule has 2 heterocycles. The van der Waals surface area contributed by atoms with E-state index in [0.29, 0.717) is 38.8 Å². The number of aromatic nitrogens is 1. The number of carboxylic acids is 1. The average Bonchev–Trinajstić information content (AvgIpc) is 3.24. The van der Waals surface area contributed by atoms with Gasteiger partial charge in [-0.2, -0.15) is 0 Å². The van der Waals surface area contributed by atoms with Crippen LogP contribution in [0.1, 0.15) is 39.3 Å². The largest absolute Gasteiger partial charge is 0.478 e. The zero-order valence-corrected chi connectivity index (χ0v) is 20.2. The summed E-state index contributed by atoms with van der Waals surface area (Å²) in [5.41, 5.74) is 4.97. The number of benzene rings is 2. The van der Waals surface area contributed by atoms with Crippen molar-refractivity contribution in [1.29, 1.82) is 0 Å². The van der Waals surface area contributed by atoms with Crippen molar-refractivity contribution in [3.63, 3.8) is 0 Å². The van der Waals surface area contributed by atoms with Crippen molar-refractivity contribution in [3.8, 4) is 11.1 Å². The summed E-state index contributed by atoms with van der Waals surface area (Å²) in [5.74, 6) is -1.47. The predicted molar refractivity (Wildman–Crippen MR) is 134 cm³/mol. The van der Waals surface area contributed by atoms with Crippen LogP contribution < -0.4 is 5.32 Å². The van der Waals surface area contributed by atoms with Gasteiger partial charge in [0.25, 0.3) is 5.91 Å². The molecule has 2 aromatic carbocycles. The van der Waals surface area contributed by atoms with E-state index in [1.807, 2.05) is 30.3 Å². The lowest BCUT2D eigenvalue weighted by molar-refractivity contribution is -0.110. The number of aryl methyl sites for hydroxylation is 1.